The minimum atomic E-state index is -0.917. The van der Waals surface area contributed by atoms with Crippen LogP contribution in [0.1, 0.15) is 22.5 Å². The standard InChI is InChI=1S/C25H24N4O5/c1-29-21-13-16(8-10-23(26)30)7-9-22(21)33-15-20(25(29)32)28-24(31)19-14-18(11-12-27-19)34-17-5-3-2-4-6-17/h2-7,9,11-14,20H,8,10,15H2,1H3,(H2,26,30)(H,28,31)/t20-/m1/s1. The number of para-hydroxylation sites is 1. The van der Waals surface area contributed by atoms with Gasteiger partial charge >= 0.3 is 0 Å². The number of likely N-dealkylation sites (N-methyl/N-ethyl adjacent to an activating group) is 1. The molecule has 0 unspecified atom stereocenters. The fourth-order valence-corrected chi connectivity index (χ4v) is 3.53. The molecule has 34 heavy (non-hydrogen) atoms. The van der Waals surface area contributed by atoms with E-state index in [-0.39, 0.29) is 24.6 Å². The molecule has 9 heteroatoms. The van der Waals surface area contributed by atoms with Gasteiger partial charge in [-0.2, -0.15) is 0 Å². The van der Waals surface area contributed by atoms with E-state index in [1.54, 1.807) is 37.4 Å². The van der Waals surface area contributed by atoms with Crippen molar-refractivity contribution in [1.82, 2.24) is 10.3 Å². The average molecular weight is 460 g/mol. The zero-order chi connectivity index (χ0) is 24.1. The van der Waals surface area contributed by atoms with Crippen LogP contribution >= 0.6 is 0 Å². The third-order valence-electron chi connectivity index (χ3n) is 5.33. The molecule has 0 bridgehead atoms. The number of nitrogens with one attached hydrogen (secondary N) is 1. The molecule has 0 radical (unpaired) electrons. The van der Waals surface area contributed by atoms with Crippen molar-refractivity contribution >= 4 is 23.4 Å². The number of anilines is 1. The molecular weight excluding hydrogens is 436 g/mol. The van der Waals surface area contributed by atoms with Gasteiger partial charge in [0.1, 0.15) is 35.6 Å². The molecule has 174 valence electrons. The summed E-state index contributed by atoms with van der Waals surface area (Å²) in [6.45, 7) is -0.0389. The van der Waals surface area contributed by atoms with Gasteiger partial charge in [-0.3, -0.25) is 19.4 Å². The maximum absolute atomic E-state index is 13.1. The second kappa shape index (κ2) is 10.0. The number of carbonyl (C=O) groups excluding carboxylic acids is 3. The molecule has 3 N–H and O–H groups in total. The van der Waals surface area contributed by atoms with Gasteiger partial charge in [0.15, 0.2) is 0 Å². The van der Waals surface area contributed by atoms with Crippen LogP contribution in [0.2, 0.25) is 0 Å². The summed E-state index contributed by atoms with van der Waals surface area (Å²) in [7, 11) is 1.61. The van der Waals surface area contributed by atoms with Crippen molar-refractivity contribution < 1.29 is 23.9 Å². The fourth-order valence-electron chi connectivity index (χ4n) is 3.53. The largest absolute Gasteiger partial charge is 0.489 e. The van der Waals surface area contributed by atoms with Crippen LogP contribution in [0.4, 0.5) is 5.69 Å². The lowest BCUT2D eigenvalue weighted by Crippen LogP contribution is -2.49. The monoisotopic (exact) mass is 460 g/mol. The van der Waals surface area contributed by atoms with Gasteiger partial charge in [-0.05, 0) is 42.3 Å². The SMILES string of the molecule is CN1C(=O)[C@H](NC(=O)c2cc(Oc3ccccc3)ccn2)COc2ccc(CCC(N)=O)cc21. The number of ether oxygens (including phenoxy) is 2. The first-order chi connectivity index (χ1) is 16.4. The molecule has 0 spiro atoms. The topological polar surface area (TPSA) is 124 Å². The van der Waals surface area contributed by atoms with Crippen molar-refractivity contribution in [2.45, 2.75) is 18.9 Å². The Hall–Kier alpha value is -4.40. The van der Waals surface area contributed by atoms with E-state index in [0.717, 1.165) is 5.56 Å². The van der Waals surface area contributed by atoms with Gasteiger partial charge < -0.3 is 25.4 Å². The molecule has 1 aliphatic rings. The Balaban J connectivity index is 1.46. The van der Waals surface area contributed by atoms with E-state index in [9.17, 15) is 14.4 Å². The van der Waals surface area contributed by atoms with Gasteiger partial charge in [-0.15, -0.1) is 0 Å². The van der Waals surface area contributed by atoms with Crippen LogP contribution < -0.4 is 25.4 Å². The highest BCUT2D eigenvalue weighted by Crippen LogP contribution is 2.32. The molecule has 0 fully saturated rings. The number of nitrogens with zero attached hydrogens (tertiary/aromatic N) is 2. The third kappa shape index (κ3) is 5.32. The van der Waals surface area contributed by atoms with Crippen LogP contribution in [-0.4, -0.2) is 42.4 Å². The highest BCUT2D eigenvalue weighted by atomic mass is 16.5. The van der Waals surface area contributed by atoms with Gasteiger partial charge in [0.05, 0.1) is 5.69 Å². The molecular formula is C25H24N4O5. The van der Waals surface area contributed by atoms with E-state index < -0.39 is 17.9 Å². The Morgan fingerprint density at radius 3 is 2.71 bits per heavy atom. The van der Waals surface area contributed by atoms with E-state index in [1.165, 1.54) is 17.2 Å². The number of amides is 3. The normalized spacial score (nSPS) is 15.0. The molecule has 3 amide bonds. The lowest BCUT2D eigenvalue weighted by Gasteiger charge is -2.20. The molecule has 3 aromatic rings. The van der Waals surface area contributed by atoms with E-state index in [1.807, 2.05) is 24.3 Å². The number of hydrogen-bond acceptors (Lipinski definition) is 6. The molecule has 4 rings (SSSR count). The first kappa shape index (κ1) is 22.8. The maximum Gasteiger partial charge on any atom is 0.270 e. The Morgan fingerprint density at radius 2 is 1.94 bits per heavy atom. The smallest absolute Gasteiger partial charge is 0.270 e. The van der Waals surface area contributed by atoms with Crippen LogP contribution in [0.25, 0.3) is 0 Å². The number of pyridine rings is 1. The van der Waals surface area contributed by atoms with Crippen molar-refractivity contribution in [2.75, 3.05) is 18.6 Å². The van der Waals surface area contributed by atoms with Gasteiger partial charge in [0.25, 0.3) is 11.8 Å². The number of rotatable bonds is 7. The molecule has 0 saturated heterocycles. The Kier molecular flexibility index (Phi) is 6.72. The average Bonchev–Trinajstić information content (AvgIpc) is 2.95. The van der Waals surface area contributed by atoms with Crippen LogP contribution in [0.5, 0.6) is 17.2 Å². The number of primary amides is 1. The molecule has 1 aromatic heterocycles. The maximum atomic E-state index is 13.1. The quantitative estimate of drug-likeness (QED) is 0.558. The minimum absolute atomic E-state index is 0.0389. The molecule has 2 heterocycles. The van der Waals surface area contributed by atoms with E-state index in [0.29, 0.717) is 29.4 Å². The van der Waals surface area contributed by atoms with Crippen LogP contribution in [0.3, 0.4) is 0 Å². The lowest BCUT2D eigenvalue weighted by molar-refractivity contribution is -0.120. The summed E-state index contributed by atoms with van der Waals surface area (Å²) in [5, 5.41) is 2.70. The molecule has 1 aliphatic heterocycles. The number of aryl methyl sites for hydroxylation is 1. The number of fused-ring (bicyclic) bond motifs is 1. The predicted molar refractivity (Wildman–Crippen MR) is 125 cm³/mol. The number of hydrogen-bond donors (Lipinski definition) is 2. The minimum Gasteiger partial charge on any atom is -0.489 e. The van der Waals surface area contributed by atoms with Crippen LogP contribution in [-0.2, 0) is 16.0 Å². The summed E-state index contributed by atoms with van der Waals surface area (Å²) >= 11 is 0. The number of nitrogens with two attached hydrogens (primary N) is 1. The number of aromatic nitrogens is 1. The lowest BCUT2D eigenvalue weighted by atomic mass is 10.1. The van der Waals surface area contributed by atoms with E-state index in [4.69, 9.17) is 15.2 Å². The molecule has 2 aromatic carbocycles. The third-order valence-corrected chi connectivity index (χ3v) is 5.33. The second-order valence-electron chi connectivity index (χ2n) is 7.79. The zero-order valence-electron chi connectivity index (χ0n) is 18.6. The first-order valence-electron chi connectivity index (χ1n) is 10.7. The zero-order valence-corrected chi connectivity index (χ0v) is 18.6. The summed E-state index contributed by atoms with van der Waals surface area (Å²) in [5.74, 6) is 0.319. The first-order valence-corrected chi connectivity index (χ1v) is 10.7. The molecule has 0 aliphatic carbocycles. The van der Waals surface area contributed by atoms with E-state index >= 15 is 0 Å². The highest BCUT2D eigenvalue weighted by Gasteiger charge is 2.31. The summed E-state index contributed by atoms with van der Waals surface area (Å²) in [6, 6.07) is 16.7. The Labute approximate surface area is 196 Å². The molecule has 1 atom stereocenters. The van der Waals surface area contributed by atoms with Crippen molar-refractivity contribution in [3.05, 3.63) is 78.1 Å². The second-order valence-corrected chi connectivity index (χ2v) is 7.79. The van der Waals surface area contributed by atoms with E-state index in [2.05, 4.69) is 10.3 Å². The van der Waals surface area contributed by atoms with Crippen LogP contribution in [0, 0.1) is 0 Å². The van der Waals surface area contributed by atoms with Crippen molar-refractivity contribution in [2.24, 2.45) is 5.73 Å². The summed E-state index contributed by atoms with van der Waals surface area (Å²) < 4.78 is 11.6. The Morgan fingerprint density at radius 1 is 1.15 bits per heavy atom. The number of benzene rings is 2. The fraction of sp³-hybridized carbons (Fsp3) is 0.200. The molecule has 9 nitrogen and oxygen atoms in total. The molecule has 0 saturated carbocycles. The van der Waals surface area contributed by atoms with Crippen molar-refractivity contribution in [1.29, 1.82) is 0 Å². The number of carbonyl (C=O) groups is 3. The summed E-state index contributed by atoms with van der Waals surface area (Å²) in [4.78, 5) is 42.6. The summed E-state index contributed by atoms with van der Waals surface area (Å²) in [6.07, 6.45) is 2.13. The predicted octanol–water partition coefficient (Wildman–Crippen LogP) is 2.45. The highest BCUT2D eigenvalue weighted by molar-refractivity contribution is 6.03. The van der Waals surface area contributed by atoms with Gasteiger partial charge in [0.2, 0.25) is 5.91 Å². The van der Waals surface area contributed by atoms with Crippen molar-refractivity contribution in [3.8, 4) is 17.2 Å². The Bertz CT molecular complexity index is 1210. The van der Waals surface area contributed by atoms with Gasteiger partial charge in [0, 0.05) is 25.7 Å². The van der Waals surface area contributed by atoms with Crippen molar-refractivity contribution in [3.63, 3.8) is 0 Å². The van der Waals surface area contributed by atoms with Crippen LogP contribution in [0.15, 0.2) is 66.9 Å². The van der Waals surface area contributed by atoms with Gasteiger partial charge in [-0.25, -0.2) is 0 Å². The summed E-state index contributed by atoms with van der Waals surface area (Å²) in [5.41, 5.74) is 6.75. The van der Waals surface area contributed by atoms with Gasteiger partial charge in [-0.1, -0.05) is 24.3 Å².